The third-order valence-corrected chi connectivity index (χ3v) is 8.21. The van der Waals surface area contributed by atoms with Gasteiger partial charge in [-0.25, -0.2) is 38.5 Å². The van der Waals surface area contributed by atoms with Crippen molar-refractivity contribution in [3.8, 4) is 17.3 Å². The molecule has 6 rings (SSSR count). The maximum Gasteiger partial charge on any atom is 0.295 e. The van der Waals surface area contributed by atoms with Crippen molar-refractivity contribution in [1.82, 2.24) is 29.5 Å². The number of benzene rings is 1. The Kier molecular flexibility index (Phi) is 6.26. The lowest BCUT2D eigenvalue weighted by atomic mass is 10.1. The highest BCUT2D eigenvalue weighted by Gasteiger charge is 2.34. The standard InChI is InChI=1S/C26H28N8O4S/c1-14(16-5-6-16)34-24-19(12-29-22(33-24)20-21(17-7-8-17)30-13-31-25(20)38-2)32-23(26(34)35)28-11-15-3-9-18(10-4-15)39(27,36)37/h3-4,9-10,12-14,16-17H,5-8,11H2,1-2H3,(H,28,32)(H2,27,36,37). The van der Waals surface area contributed by atoms with Crippen molar-refractivity contribution in [2.24, 2.45) is 11.1 Å². The SMILES string of the molecule is COc1ncnc(C2CC2)c1-c1ncc2nc(NCc3ccc(S(N)(=O)=O)cc3)c(=O)n(C(C)C3CC3)c2n1. The summed E-state index contributed by atoms with van der Waals surface area (Å²) in [6.07, 6.45) is 7.25. The maximum absolute atomic E-state index is 13.8. The third kappa shape index (κ3) is 4.94. The van der Waals surface area contributed by atoms with Crippen LogP contribution in [0, 0.1) is 5.92 Å². The van der Waals surface area contributed by atoms with E-state index in [2.05, 4.69) is 25.3 Å². The summed E-state index contributed by atoms with van der Waals surface area (Å²) in [6, 6.07) is 6.06. The number of nitrogens with one attached hydrogen (secondary N) is 1. The molecule has 1 aromatic carbocycles. The normalized spacial score (nSPS) is 16.3. The zero-order valence-electron chi connectivity index (χ0n) is 21.5. The number of sulfonamides is 1. The Balaban J connectivity index is 1.41. The van der Waals surface area contributed by atoms with Crippen LogP contribution in [-0.4, -0.2) is 45.0 Å². The number of primary sulfonamides is 1. The van der Waals surface area contributed by atoms with Crippen LogP contribution in [-0.2, 0) is 16.6 Å². The molecular weight excluding hydrogens is 520 g/mol. The number of hydrogen-bond acceptors (Lipinski definition) is 10. The molecule has 39 heavy (non-hydrogen) atoms. The van der Waals surface area contributed by atoms with Gasteiger partial charge in [0.25, 0.3) is 5.56 Å². The summed E-state index contributed by atoms with van der Waals surface area (Å²) in [4.78, 5) is 36.6. The van der Waals surface area contributed by atoms with Crippen molar-refractivity contribution < 1.29 is 13.2 Å². The highest BCUT2D eigenvalue weighted by molar-refractivity contribution is 7.89. The summed E-state index contributed by atoms with van der Waals surface area (Å²) in [5, 5.41) is 8.30. The molecule has 202 valence electrons. The van der Waals surface area contributed by atoms with Crippen molar-refractivity contribution in [1.29, 1.82) is 0 Å². The minimum absolute atomic E-state index is 0.0222. The number of methoxy groups -OCH3 is 1. The van der Waals surface area contributed by atoms with Gasteiger partial charge in [-0.05, 0) is 56.2 Å². The molecule has 2 aliphatic carbocycles. The van der Waals surface area contributed by atoms with E-state index in [-0.39, 0.29) is 28.9 Å². The summed E-state index contributed by atoms with van der Waals surface area (Å²) < 4.78 is 30.3. The second-order valence-electron chi connectivity index (χ2n) is 10.1. The third-order valence-electron chi connectivity index (χ3n) is 7.28. The lowest BCUT2D eigenvalue weighted by molar-refractivity contribution is 0.397. The number of nitrogens with zero attached hydrogens (tertiary/aromatic N) is 6. The van der Waals surface area contributed by atoms with Gasteiger partial charge in [0.15, 0.2) is 17.3 Å². The largest absolute Gasteiger partial charge is 0.480 e. The minimum atomic E-state index is -3.78. The molecule has 12 nitrogen and oxygen atoms in total. The van der Waals surface area contributed by atoms with E-state index in [1.807, 2.05) is 6.92 Å². The van der Waals surface area contributed by atoms with Crippen molar-refractivity contribution in [3.63, 3.8) is 0 Å². The molecule has 2 saturated carbocycles. The molecule has 1 unspecified atom stereocenters. The van der Waals surface area contributed by atoms with E-state index in [4.69, 9.17) is 14.9 Å². The molecule has 2 fully saturated rings. The first-order chi connectivity index (χ1) is 18.7. The van der Waals surface area contributed by atoms with Crippen LogP contribution in [0.25, 0.3) is 22.6 Å². The Labute approximate surface area is 224 Å². The second kappa shape index (κ2) is 9.65. The molecule has 3 heterocycles. The number of anilines is 1. The second-order valence-corrected chi connectivity index (χ2v) is 11.6. The number of hydrogen-bond donors (Lipinski definition) is 2. The van der Waals surface area contributed by atoms with Crippen LogP contribution in [0.4, 0.5) is 5.82 Å². The van der Waals surface area contributed by atoms with Crippen molar-refractivity contribution in [3.05, 3.63) is 58.4 Å². The molecule has 0 spiro atoms. The van der Waals surface area contributed by atoms with E-state index < -0.39 is 10.0 Å². The first-order valence-corrected chi connectivity index (χ1v) is 14.3. The van der Waals surface area contributed by atoms with E-state index >= 15 is 0 Å². The summed E-state index contributed by atoms with van der Waals surface area (Å²) in [6.45, 7) is 2.29. The first kappa shape index (κ1) is 25.3. The molecule has 3 aromatic heterocycles. The van der Waals surface area contributed by atoms with Gasteiger partial charge >= 0.3 is 0 Å². The minimum Gasteiger partial charge on any atom is -0.480 e. The number of nitrogens with two attached hydrogens (primary N) is 1. The van der Waals surface area contributed by atoms with Crippen molar-refractivity contribution in [2.45, 2.75) is 56.0 Å². The number of rotatable bonds is 9. The molecule has 0 bridgehead atoms. The van der Waals surface area contributed by atoms with E-state index in [1.165, 1.54) is 18.5 Å². The molecule has 0 amide bonds. The Morgan fingerprint density at radius 2 is 1.85 bits per heavy atom. The fourth-order valence-corrected chi connectivity index (χ4v) is 5.32. The molecular formula is C26H28N8O4S. The van der Waals surface area contributed by atoms with Crippen LogP contribution in [0.15, 0.2) is 46.5 Å². The lowest BCUT2D eigenvalue weighted by Gasteiger charge is -2.19. The number of aromatic nitrogens is 6. The van der Waals surface area contributed by atoms with Gasteiger partial charge in [-0.1, -0.05) is 12.1 Å². The Morgan fingerprint density at radius 3 is 2.49 bits per heavy atom. The monoisotopic (exact) mass is 548 g/mol. The molecule has 3 N–H and O–H groups in total. The van der Waals surface area contributed by atoms with Crippen LogP contribution < -0.4 is 20.8 Å². The van der Waals surface area contributed by atoms with E-state index in [9.17, 15) is 13.2 Å². The molecule has 4 aromatic rings. The van der Waals surface area contributed by atoms with Crippen LogP contribution >= 0.6 is 0 Å². The van der Waals surface area contributed by atoms with Gasteiger partial charge in [0.2, 0.25) is 15.9 Å². The zero-order valence-corrected chi connectivity index (χ0v) is 22.4. The van der Waals surface area contributed by atoms with Gasteiger partial charge in [0.1, 0.15) is 17.4 Å². The summed E-state index contributed by atoms with van der Waals surface area (Å²) in [5.74, 6) is 1.65. The van der Waals surface area contributed by atoms with Crippen LogP contribution in [0.3, 0.4) is 0 Å². The van der Waals surface area contributed by atoms with Gasteiger partial charge in [-0.3, -0.25) is 9.36 Å². The fraction of sp³-hybridized carbons (Fsp3) is 0.385. The van der Waals surface area contributed by atoms with Gasteiger partial charge in [-0.15, -0.1) is 0 Å². The van der Waals surface area contributed by atoms with Crippen LogP contribution in [0.1, 0.15) is 55.8 Å². The van der Waals surface area contributed by atoms with Crippen molar-refractivity contribution >= 4 is 27.0 Å². The average Bonchev–Trinajstić information content (AvgIpc) is 3.84. The van der Waals surface area contributed by atoms with Gasteiger partial charge < -0.3 is 10.1 Å². The van der Waals surface area contributed by atoms with Crippen LogP contribution in [0.2, 0.25) is 0 Å². The van der Waals surface area contributed by atoms with E-state index in [1.54, 1.807) is 30.0 Å². The molecule has 13 heteroatoms. The molecule has 0 radical (unpaired) electrons. The van der Waals surface area contributed by atoms with Crippen LogP contribution in [0.5, 0.6) is 5.88 Å². The van der Waals surface area contributed by atoms with E-state index in [0.717, 1.165) is 36.9 Å². The highest BCUT2D eigenvalue weighted by atomic mass is 32.2. The maximum atomic E-state index is 13.8. The molecule has 1 atom stereocenters. The Hall–Kier alpha value is -3.97. The lowest BCUT2D eigenvalue weighted by Crippen LogP contribution is -2.29. The van der Waals surface area contributed by atoms with Crippen molar-refractivity contribution in [2.75, 3.05) is 12.4 Å². The van der Waals surface area contributed by atoms with Gasteiger partial charge in [0, 0.05) is 18.5 Å². The smallest absolute Gasteiger partial charge is 0.295 e. The number of ether oxygens (including phenoxy) is 1. The quantitative estimate of drug-likeness (QED) is 0.317. The first-order valence-electron chi connectivity index (χ1n) is 12.8. The highest BCUT2D eigenvalue weighted by Crippen LogP contribution is 2.45. The predicted molar refractivity (Wildman–Crippen MR) is 144 cm³/mol. The molecule has 0 aliphatic heterocycles. The Morgan fingerprint density at radius 1 is 1.10 bits per heavy atom. The number of fused-ring (bicyclic) bond motifs is 1. The van der Waals surface area contributed by atoms with Gasteiger partial charge in [0.05, 0.1) is 23.9 Å². The molecule has 2 aliphatic rings. The summed E-state index contributed by atoms with van der Waals surface area (Å²) in [7, 11) is -2.23. The fourth-order valence-electron chi connectivity index (χ4n) is 4.80. The average molecular weight is 549 g/mol. The summed E-state index contributed by atoms with van der Waals surface area (Å²) >= 11 is 0. The topological polar surface area (TPSA) is 168 Å². The van der Waals surface area contributed by atoms with E-state index in [0.29, 0.717) is 40.3 Å². The van der Waals surface area contributed by atoms with Gasteiger partial charge in [-0.2, -0.15) is 0 Å². The molecule has 0 saturated heterocycles. The zero-order chi connectivity index (χ0) is 27.3. The predicted octanol–water partition coefficient (Wildman–Crippen LogP) is 2.76. The Bertz CT molecular complexity index is 1730. The summed E-state index contributed by atoms with van der Waals surface area (Å²) in [5.41, 5.74) is 2.90.